The van der Waals surface area contributed by atoms with E-state index in [2.05, 4.69) is 48.4 Å². The molecule has 1 heterocycles. The standard InChI is InChI=1S/C14H17NO/c1-15-10-7-13(14(15)8-9-14)16-11-12-5-3-2-4-6-12/h2-6,8-9,13H,7,10-11H2,1H3. The molecule has 0 N–H and O–H groups in total. The predicted molar refractivity (Wildman–Crippen MR) is 64.1 cm³/mol. The molecular weight excluding hydrogens is 198 g/mol. The van der Waals surface area contributed by atoms with Crippen LogP contribution in [0.5, 0.6) is 0 Å². The van der Waals surface area contributed by atoms with E-state index in [0.717, 1.165) is 19.6 Å². The maximum atomic E-state index is 6.03. The molecule has 84 valence electrons. The summed E-state index contributed by atoms with van der Waals surface area (Å²) in [6.45, 7) is 1.86. The number of nitrogens with zero attached hydrogens (tertiary/aromatic N) is 1. The zero-order chi connectivity index (χ0) is 11.0. The van der Waals surface area contributed by atoms with Crippen molar-refractivity contribution in [2.45, 2.75) is 24.7 Å². The van der Waals surface area contributed by atoms with Gasteiger partial charge in [-0.1, -0.05) is 42.5 Å². The number of benzene rings is 1. The fourth-order valence-corrected chi connectivity index (χ4v) is 2.52. The lowest BCUT2D eigenvalue weighted by Crippen LogP contribution is -2.37. The Kier molecular flexibility index (Phi) is 2.34. The van der Waals surface area contributed by atoms with E-state index < -0.39 is 0 Å². The molecule has 1 atom stereocenters. The molecule has 0 amide bonds. The van der Waals surface area contributed by atoms with Gasteiger partial charge >= 0.3 is 0 Å². The molecule has 0 bridgehead atoms. The van der Waals surface area contributed by atoms with Gasteiger partial charge in [-0.3, -0.25) is 4.90 Å². The molecule has 1 fully saturated rings. The highest BCUT2D eigenvalue weighted by Gasteiger charge is 2.50. The van der Waals surface area contributed by atoms with Gasteiger partial charge in [0.25, 0.3) is 0 Å². The maximum absolute atomic E-state index is 6.03. The lowest BCUT2D eigenvalue weighted by molar-refractivity contribution is 0.0186. The average Bonchev–Trinajstić information content (AvgIpc) is 3.05. The second-order valence-corrected chi connectivity index (χ2v) is 4.72. The first-order chi connectivity index (χ1) is 7.81. The van der Waals surface area contributed by atoms with Crippen LogP contribution in [0.15, 0.2) is 42.5 Å². The molecule has 2 aliphatic rings. The van der Waals surface area contributed by atoms with E-state index >= 15 is 0 Å². The zero-order valence-electron chi connectivity index (χ0n) is 9.60. The molecule has 1 aromatic carbocycles. The molecule has 1 unspecified atom stereocenters. The monoisotopic (exact) mass is 215 g/mol. The number of hydrogen-bond donors (Lipinski definition) is 0. The fraction of sp³-hybridized carbons (Fsp3) is 0.429. The van der Waals surface area contributed by atoms with Gasteiger partial charge in [-0.05, 0) is 19.0 Å². The van der Waals surface area contributed by atoms with Crippen molar-refractivity contribution in [2.24, 2.45) is 0 Å². The number of ether oxygens (including phenoxy) is 1. The molecule has 2 heteroatoms. The molecule has 1 saturated heterocycles. The van der Waals surface area contributed by atoms with Crippen LogP contribution in [-0.2, 0) is 11.3 Å². The quantitative estimate of drug-likeness (QED) is 0.717. The first-order valence-corrected chi connectivity index (χ1v) is 5.88. The van der Waals surface area contributed by atoms with Gasteiger partial charge in [0.1, 0.15) is 0 Å². The SMILES string of the molecule is CN1CCC(OCc2ccccc2)C12C=C2. The summed E-state index contributed by atoms with van der Waals surface area (Å²) in [7, 11) is 2.17. The van der Waals surface area contributed by atoms with Gasteiger partial charge in [-0.15, -0.1) is 0 Å². The Balaban J connectivity index is 1.61. The molecule has 1 aromatic rings. The van der Waals surface area contributed by atoms with Gasteiger partial charge in [0.05, 0.1) is 18.2 Å². The molecule has 0 aromatic heterocycles. The zero-order valence-corrected chi connectivity index (χ0v) is 9.60. The van der Waals surface area contributed by atoms with Crippen LogP contribution >= 0.6 is 0 Å². The van der Waals surface area contributed by atoms with Crippen molar-refractivity contribution in [3.8, 4) is 0 Å². The topological polar surface area (TPSA) is 12.5 Å². The molecule has 3 rings (SSSR count). The third-order valence-corrected chi connectivity index (χ3v) is 3.71. The van der Waals surface area contributed by atoms with Gasteiger partial charge < -0.3 is 4.74 Å². The predicted octanol–water partition coefficient (Wildman–Crippen LogP) is 2.22. The van der Waals surface area contributed by atoms with Gasteiger partial charge in [0.15, 0.2) is 0 Å². The normalized spacial score (nSPS) is 26.4. The van der Waals surface area contributed by atoms with Crippen LogP contribution in [0.3, 0.4) is 0 Å². The smallest absolute Gasteiger partial charge is 0.0847 e. The van der Waals surface area contributed by atoms with E-state index in [9.17, 15) is 0 Å². The molecule has 1 aliphatic heterocycles. The van der Waals surface area contributed by atoms with E-state index in [-0.39, 0.29) is 5.54 Å². The highest BCUT2D eigenvalue weighted by atomic mass is 16.5. The van der Waals surface area contributed by atoms with Crippen molar-refractivity contribution >= 4 is 0 Å². The Morgan fingerprint density at radius 2 is 2.06 bits per heavy atom. The Labute approximate surface area is 96.5 Å². The highest BCUT2D eigenvalue weighted by Crippen LogP contribution is 2.42. The third kappa shape index (κ3) is 1.58. The van der Waals surface area contributed by atoms with E-state index in [0.29, 0.717) is 6.10 Å². The minimum absolute atomic E-state index is 0.161. The molecule has 1 aliphatic carbocycles. The summed E-state index contributed by atoms with van der Waals surface area (Å²) in [5, 5.41) is 0. The minimum Gasteiger partial charge on any atom is -0.371 e. The number of rotatable bonds is 3. The van der Waals surface area contributed by atoms with Crippen LogP contribution in [0.4, 0.5) is 0 Å². The van der Waals surface area contributed by atoms with Crippen molar-refractivity contribution in [3.05, 3.63) is 48.0 Å². The third-order valence-electron chi connectivity index (χ3n) is 3.71. The van der Waals surface area contributed by atoms with E-state index in [1.54, 1.807) is 0 Å². The maximum Gasteiger partial charge on any atom is 0.0847 e. The summed E-state index contributed by atoms with van der Waals surface area (Å²) in [6.07, 6.45) is 6.00. The Hall–Kier alpha value is -1.12. The first kappa shape index (κ1) is 10.1. The highest BCUT2D eigenvalue weighted by molar-refractivity contribution is 5.39. The summed E-state index contributed by atoms with van der Waals surface area (Å²) in [4.78, 5) is 2.38. The second kappa shape index (κ2) is 3.72. The van der Waals surface area contributed by atoms with Crippen LogP contribution in [0.1, 0.15) is 12.0 Å². The molecule has 1 spiro atoms. The summed E-state index contributed by atoms with van der Waals surface area (Å²) in [6, 6.07) is 10.4. The van der Waals surface area contributed by atoms with Gasteiger partial charge in [0, 0.05) is 6.54 Å². The van der Waals surface area contributed by atoms with Crippen LogP contribution in [0.25, 0.3) is 0 Å². The summed E-state index contributed by atoms with van der Waals surface area (Å²) < 4.78 is 6.03. The molecule has 16 heavy (non-hydrogen) atoms. The van der Waals surface area contributed by atoms with Crippen molar-refractivity contribution < 1.29 is 4.74 Å². The molecule has 0 radical (unpaired) electrons. The molecule has 2 nitrogen and oxygen atoms in total. The van der Waals surface area contributed by atoms with Crippen molar-refractivity contribution in [2.75, 3.05) is 13.6 Å². The van der Waals surface area contributed by atoms with Crippen molar-refractivity contribution in [1.82, 2.24) is 4.90 Å². The Morgan fingerprint density at radius 3 is 2.75 bits per heavy atom. The van der Waals surface area contributed by atoms with E-state index in [1.807, 2.05) is 6.07 Å². The lowest BCUT2D eigenvalue weighted by atomic mass is 10.1. The van der Waals surface area contributed by atoms with Crippen LogP contribution in [0, 0.1) is 0 Å². The number of likely N-dealkylation sites (tertiary alicyclic amines) is 1. The first-order valence-electron chi connectivity index (χ1n) is 5.88. The number of likely N-dealkylation sites (N-methyl/N-ethyl adjacent to an activating group) is 1. The largest absolute Gasteiger partial charge is 0.371 e. The minimum atomic E-state index is 0.161. The Bertz CT molecular complexity index is 392. The van der Waals surface area contributed by atoms with E-state index in [1.165, 1.54) is 5.56 Å². The summed E-state index contributed by atoms with van der Waals surface area (Å²) in [5.74, 6) is 0. The van der Waals surface area contributed by atoms with Crippen molar-refractivity contribution in [1.29, 1.82) is 0 Å². The van der Waals surface area contributed by atoms with Crippen LogP contribution in [-0.4, -0.2) is 30.1 Å². The lowest BCUT2D eigenvalue weighted by Gasteiger charge is -2.25. The molecular formula is C14H17NO. The second-order valence-electron chi connectivity index (χ2n) is 4.72. The van der Waals surface area contributed by atoms with E-state index in [4.69, 9.17) is 4.74 Å². The summed E-state index contributed by atoms with van der Waals surface area (Å²) >= 11 is 0. The van der Waals surface area contributed by atoms with Crippen LogP contribution in [0.2, 0.25) is 0 Å². The fourth-order valence-electron chi connectivity index (χ4n) is 2.52. The van der Waals surface area contributed by atoms with Crippen LogP contribution < -0.4 is 0 Å². The van der Waals surface area contributed by atoms with Crippen molar-refractivity contribution in [3.63, 3.8) is 0 Å². The van der Waals surface area contributed by atoms with Gasteiger partial charge in [-0.25, -0.2) is 0 Å². The van der Waals surface area contributed by atoms with Gasteiger partial charge in [0.2, 0.25) is 0 Å². The average molecular weight is 215 g/mol. The molecule has 0 saturated carbocycles. The number of hydrogen-bond acceptors (Lipinski definition) is 2. The Morgan fingerprint density at radius 1 is 1.31 bits per heavy atom. The van der Waals surface area contributed by atoms with Gasteiger partial charge in [-0.2, -0.15) is 0 Å². The summed E-state index contributed by atoms with van der Waals surface area (Å²) in [5.41, 5.74) is 1.42.